The molecule has 1 aromatic carbocycles. The topological polar surface area (TPSA) is 60.7 Å². The third kappa shape index (κ3) is 3.71. The summed E-state index contributed by atoms with van der Waals surface area (Å²) in [6, 6.07) is 6.99. The Bertz CT molecular complexity index is 291. The van der Waals surface area contributed by atoms with Crippen LogP contribution >= 0.6 is 11.8 Å². The van der Waals surface area contributed by atoms with Crippen molar-refractivity contribution in [2.24, 2.45) is 0 Å². The van der Waals surface area contributed by atoms with Crippen LogP contribution in [0.15, 0.2) is 29.2 Å². The SMILES string of the molecule is C[C@@H](O)CSc1cccc(B(O)O)c1. The van der Waals surface area contributed by atoms with E-state index in [0.717, 1.165) is 4.90 Å². The van der Waals surface area contributed by atoms with Gasteiger partial charge < -0.3 is 15.2 Å². The number of rotatable bonds is 4. The third-order valence-electron chi connectivity index (χ3n) is 1.65. The molecule has 0 amide bonds. The zero-order chi connectivity index (χ0) is 10.6. The highest BCUT2D eigenvalue weighted by molar-refractivity contribution is 7.99. The maximum Gasteiger partial charge on any atom is 0.488 e. The Morgan fingerprint density at radius 1 is 1.43 bits per heavy atom. The minimum Gasteiger partial charge on any atom is -0.423 e. The van der Waals surface area contributed by atoms with Gasteiger partial charge in [-0.2, -0.15) is 0 Å². The van der Waals surface area contributed by atoms with Gasteiger partial charge in [-0.05, 0) is 24.5 Å². The number of hydrogen-bond donors (Lipinski definition) is 3. The Hall–Kier alpha value is -0.485. The fourth-order valence-electron chi connectivity index (χ4n) is 0.982. The molecule has 0 aliphatic heterocycles. The number of thioether (sulfide) groups is 1. The minimum absolute atomic E-state index is 0.359. The summed E-state index contributed by atoms with van der Waals surface area (Å²) >= 11 is 1.49. The van der Waals surface area contributed by atoms with E-state index in [-0.39, 0.29) is 6.10 Å². The standard InChI is InChI=1S/C9H13BO3S/c1-7(11)6-14-9-4-2-3-8(5-9)10(12)13/h2-5,7,11-13H,6H2,1H3/t7-/m1/s1. The van der Waals surface area contributed by atoms with Crippen LogP contribution in [-0.2, 0) is 0 Å². The van der Waals surface area contributed by atoms with Gasteiger partial charge in [-0.25, -0.2) is 0 Å². The Morgan fingerprint density at radius 2 is 2.14 bits per heavy atom. The van der Waals surface area contributed by atoms with Gasteiger partial charge in [-0.3, -0.25) is 0 Å². The quantitative estimate of drug-likeness (QED) is 0.479. The lowest BCUT2D eigenvalue weighted by Crippen LogP contribution is -2.29. The summed E-state index contributed by atoms with van der Waals surface area (Å²) in [5.74, 6) is 0.602. The van der Waals surface area contributed by atoms with E-state index in [4.69, 9.17) is 15.2 Å². The van der Waals surface area contributed by atoms with Gasteiger partial charge in [0.2, 0.25) is 0 Å². The molecule has 1 atom stereocenters. The molecule has 0 bridgehead atoms. The van der Waals surface area contributed by atoms with Gasteiger partial charge in [-0.1, -0.05) is 12.1 Å². The molecule has 0 fully saturated rings. The summed E-state index contributed by atoms with van der Waals surface area (Å²) in [5, 5.41) is 26.9. The molecule has 0 unspecified atom stereocenters. The van der Waals surface area contributed by atoms with Crippen molar-refractivity contribution >= 4 is 24.3 Å². The Morgan fingerprint density at radius 3 is 2.71 bits per heavy atom. The lowest BCUT2D eigenvalue weighted by atomic mass is 9.80. The summed E-state index contributed by atoms with van der Waals surface area (Å²) in [6.07, 6.45) is -0.359. The monoisotopic (exact) mass is 212 g/mol. The molecule has 0 spiro atoms. The van der Waals surface area contributed by atoms with E-state index in [2.05, 4.69) is 0 Å². The average molecular weight is 212 g/mol. The summed E-state index contributed by atoms with van der Waals surface area (Å²) in [5.41, 5.74) is 0.473. The van der Waals surface area contributed by atoms with Crippen LogP contribution in [0.2, 0.25) is 0 Å². The van der Waals surface area contributed by atoms with Crippen LogP contribution in [0.4, 0.5) is 0 Å². The Balaban J connectivity index is 2.64. The molecule has 14 heavy (non-hydrogen) atoms. The summed E-state index contributed by atoms with van der Waals surface area (Å²) < 4.78 is 0. The fraction of sp³-hybridized carbons (Fsp3) is 0.333. The van der Waals surface area contributed by atoms with Crippen molar-refractivity contribution in [1.82, 2.24) is 0 Å². The lowest BCUT2D eigenvalue weighted by Gasteiger charge is -2.05. The first-order valence-corrected chi connectivity index (χ1v) is 5.35. The maximum absolute atomic E-state index is 9.07. The molecule has 3 nitrogen and oxygen atoms in total. The second-order valence-electron chi connectivity index (χ2n) is 3.11. The molecule has 1 aromatic rings. The van der Waals surface area contributed by atoms with E-state index in [1.54, 1.807) is 25.1 Å². The molecular formula is C9H13BO3S. The van der Waals surface area contributed by atoms with Crippen molar-refractivity contribution in [3.63, 3.8) is 0 Å². The molecule has 0 aliphatic carbocycles. The van der Waals surface area contributed by atoms with Crippen LogP contribution < -0.4 is 5.46 Å². The number of aliphatic hydroxyl groups excluding tert-OH is 1. The largest absolute Gasteiger partial charge is 0.488 e. The van der Waals surface area contributed by atoms with E-state index in [1.807, 2.05) is 6.07 Å². The van der Waals surface area contributed by atoms with Crippen molar-refractivity contribution in [2.45, 2.75) is 17.9 Å². The molecule has 0 aromatic heterocycles. The number of hydrogen-bond acceptors (Lipinski definition) is 4. The van der Waals surface area contributed by atoms with Crippen molar-refractivity contribution in [3.05, 3.63) is 24.3 Å². The molecule has 0 heterocycles. The highest BCUT2D eigenvalue weighted by Gasteiger charge is 2.10. The first-order chi connectivity index (χ1) is 6.59. The van der Waals surface area contributed by atoms with E-state index in [1.165, 1.54) is 11.8 Å². The number of benzene rings is 1. The van der Waals surface area contributed by atoms with Crippen LogP contribution in [-0.4, -0.2) is 34.1 Å². The normalized spacial score (nSPS) is 12.6. The molecule has 76 valence electrons. The van der Waals surface area contributed by atoms with E-state index >= 15 is 0 Å². The zero-order valence-electron chi connectivity index (χ0n) is 7.92. The van der Waals surface area contributed by atoms with Gasteiger partial charge in [0.05, 0.1) is 6.10 Å². The fourth-order valence-corrected chi connectivity index (χ4v) is 1.81. The highest BCUT2D eigenvalue weighted by Crippen LogP contribution is 2.16. The average Bonchev–Trinajstić information content (AvgIpc) is 2.15. The summed E-state index contributed by atoms with van der Waals surface area (Å²) in [6.45, 7) is 1.72. The van der Waals surface area contributed by atoms with Crippen LogP contribution in [0.3, 0.4) is 0 Å². The first kappa shape index (κ1) is 11.6. The molecule has 0 saturated heterocycles. The molecular weight excluding hydrogens is 199 g/mol. The van der Waals surface area contributed by atoms with Gasteiger partial charge >= 0.3 is 7.12 Å². The van der Waals surface area contributed by atoms with Crippen molar-refractivity contribution in [1.29, 1.82) is 0 Å². The van der Waals surface area contributed by atoms with Crippen LogP contribution in [0.5, 0.6) is 0 Å². The predicted octanol–water partition coefficient (Wildman–Crippen LogP) is -0.161. The molecule has 1 rings (SSSR count). The first-order valence-electron chi connectivity index (χ1n) is 4.36. The summed E-state index contributed by atoms with van der Waals surface area (Å²) in [4.78, 5) is 0.927. The third-order valence-corrected chi connectivity index (χ3v) is 2.88. The van der Waals surface area contributed by atoms with Crippen molar-refractivity contribution in [3.8, 4) is 0 Å². The van der Waals surface area contributed by atoms with Gasteiger partial charge in [0, 0.05) is 10.6 Å². The second kappa shape index (κ2) is 5.41. The smallest absolute Gasteiger partial charge is 0.423 e. The van der Waals surface area contributed by atoms with Crippen LogP contribution in [0, 0.1) is 0 Å². The van der Waals surface area contributed by atoms with Crippen LogP contribution in [0.1, 0.15) is 6.92 Å². The van der Waals surface area contributed by atoms with Gasteiger partial charge in [0.15, 0.2) is 0 Å². The molecule has 5 heteroatoms. The lowest BCUT2D eigenvalue weighted by molar-refractivity contribution is 0.220. The molecule has 0 radical (unpaired) electrons. The van der Waals surface area contributed by atoms with E-state index in [9.17, 15) is 0 Å². The minimum atomic E-state index is -1.43. The van der Waals surface area contributed by atoms with Crippen molar-refractivity contribution < 1.29 is 15.2 Å². The zero-order valence-corrected chi connectivity index (χ0v) is 8.74. The second-order valence-corrected chi connectivity index (χ2v) is 4.20. The maximum atomic E-state index is 9.07. The van der Waals surface area contributed by atoms with Gasteiger partial charge in [0.25, 0.3) is 0 Å². The Kier molecular flexibility index (Phi) is 4.48. The predicted molar refractivity (Wildman–Crippen MR) is 58.7 cm³/mol. The van der Waals surface area contributed by atoms with Gasteiger partial charge in [-0.15, -0.1) is 11.8 Å². The van der Waals surface area contributed by atoms with Gasteiger partial charge in [0.1, 0.15) is 0 Å². The number of aliphatic hydroxyl groups is 1. The summed E-state index contributed by atoms with van der Waals surface area (Å²) in [7, 11) is -1.43. The molecule has 0 saturated carbocycles. The molecule has 3 N–H and O–H groups in total. The van der Waals surface area contributed by atoms with Crippen molar-refractivity contribution in [2.75, 3.05) is 5.75 Å². The van der Waals surface area contributed by atoms with E-state index < -0.39 is 7.12 Å². The van der Waals surface area contributed by atoms with E-state index in [0.29, 0.717) is 11.2 Å². The Labute approximate surface area is 87.9 Å². The highest BCUT2D eigenvalue weighted by atomic mass is 32.2. The molecule has 0 aliphatic rings. The van der Waals surface area contributed by atoms with Crippen LogP contribution in [0.25, 0.3) is 0 Å².